The SMILES string of the molecule is CC(C)(C)OC(=O)Nc1ccc(C2C(C(=O)O)C2(C)C)c(F)c1. The quantitative estimate of drug-likeness (QED) is 0.881. The van der Waals surface area contributed by atoms with Crippen LogP contribution >= 0.6 is 0 Å². The predicted octanol–water partition coefficient (Wildman–Crippen LogP) is 4.00. The molecule has 0 saturated heterocycles. The molecule has 2 rings (SSSR count). The van der Waals surface area contributed by atoms with Crippen LogP contribution in [0.15, 0.2) is 18.2 Å². The summed E-state index contributed by atoms with van der Waals surface area (Å²) in [4.78, 5) is 22.9. The number of hydrogen-bond acceptors (Lipinski definition) is 3. The van der Waals surface area contributed by atoms with Gasteiger partial charge in [0.25, 0.3) is 0 Å². The van der Waals surface area contributed by atoms with Gasteiger partial charge in [-0.1, -0.05) is 19.9 Å². The third-order valence-electron chi connectivity index (χ3n) is 4.07. The van der Waals surface area contributed by atoms with E-state index in [0.29, 0.717) is 5.56 Å². The van der Waals surface area contributed by atoms with Crippen LogP contribution in [-0.4, -0.2) is 22.8 Å². The number of ether oxygens (including phenoxy) is 1. The summed E-state index contributed by atoms with van der Waals surface area (Å²) in [5.74, 6) is -2.41. The highest BCUT2D eigenvalue weighted by atomic mass is 19.1. The van der Waals surface area contributed by atoms with Crippen LogP contribution in [0, 0.1) is 17.2 Å². The zero-order valence-corrected chi connectivity index (χ0v) is 13.9. The van der Waals surface area contributed by atoms with E-state index in [1.54, 1.807) is 26.8 Å². The van der Waals surface area contributed by atoms with Gasteiger partial charge in [0, 0.05) is 11.6 Å². The van der Waals surface area contributed by atoms with E-state index in [1.165, 1.54) is 12.1 Å². The lowest BCUT2D eigenvalue weighted by atomic mass is 10.0. The Labute approximate surface area is 134 Å². The van der Waals surface area contributed by atoms with Crippen LogP contribution in [0.1, 0.15) is 46.1 Å². The van der Waals surface area contributed by atoms with Crippen LogP contribution in [0.25, 0.3) is 0 Å². The molecule has 1 saturated carbocycles. The molecule has 1 fully saturated rings. The standard InChI is InChI=1S/C17H22FNO4/c1-16(2,3)23-15(22)19-9-6-7-10(11(18)8-9)12-13(14(20)21)17(12,4)5/h6-8,12-13H,1-5H3,(H,19,22)(H,20,21). The zero-order valence-electron chi connectivity index (χ0n) is 13.9. The molecule has 0 radical (unpaired) electrons. The van der Waals surface area contributed by atoms with E-state index < -0.39 is 34.8 Å². The van der Waals surface area contributed by atoms with Crippen LogP contribution in [0.3, 0.4) is 0 Å². The van der Waals surface area contributed by atoms with Crippen molar-refractivity contribution in [1.82, 2.24) is 0 Å². The van der Waals surface area contributed by atoms with Crippen LogP contribution in [-0.2, 0) is 9.53 Å². The van der Waals surface area contributed by atoms with Gasteiger partial charge in [-0.2, -0.15) is 0 Å². The highest BCUT2D eigenvalue weighted by Gasteiger charge is 2.63. The number of carbonyl (C=O) groups excluding carboxylic acids is 1. The lowest BCUT2D eigenvalue weighted by molar-refractivity contribution is -0.139. The minimum atomic E-state index is -0.921. The first-order valence-electron chi connectivity index (χ1n) is 7.46. The molecule has 0 heterocycles. The third-order valence-corrected chi connectivity index (χ3v) is 4.07. The smallest absolute Gasteiger partial charge is 0.412 e. The molecule has 1 aromatic carbocycles. The highest BCUT2D eigenvalue weighted by molar-refractivity contribution is 5.85. The normalized spacial score (nSPS) is 22.3. The lowest BCUT2D eigenvalue weighted by Crippen LogP contribution is -2.27. The fourth-order valence-electron chi connectivity index (χ4n) is 2.96. The monoisotopic (exact) mass is 323 g/mol. The van der Waals surface area contributed by atoms with Gasteiger partial charge >= 0.3 is 12.1 Å². The molecule has 1 amide bonds. The molecule has 1 aliphatic carbocycles. The Bertz CT molecular complexity index is 648. The van der Waals surface area contributed by atoms with Crippen LogP contribution in [0.4, 0.5) is 14.9 Å². The van der Waals surface area contributed by atoms with Gasteiger partial charge in [0.15, 0.2) is 0 Å². The number of halogens is 1. The molecule has 2 N–H and O–H groups in total. The van der Waals surface area contributed by atoms with Gasteiger partial charge < -0.3 is 9.84 Å². The number of carboxylic acid groups (broad SMARTS) is 1. The number of rotatable bonds is 3. The Balaban J connectivity index is 2.14. The van der Waals surface area contributed by atoms with Crippen molar-refractivity contribution in [2.45, 2.75) is 46.1 Å². The Morgan fingerprint density at radius 1 is 1.30 bits per heavy atom. The summed E-state index contributed by atoms with van der Waals surface area (Å²) < 4.78 is 19.4. The highest BCUT2D eigenvalue weighted by Crippen LogP contribution is 2.64. The average molecular weight is 323 g/mol. The number of anilines is 1. The topological polar surface area (TPSA) is 75.6 Å². The van der Waals surface area contributed by atoms with Crippen LogP contribution in [0.2, 0.25) is 0 Å². The van der Waals surface area contributed by atoms with Crippen LogP contribution in [0.5, 0.6) is 0 Å². The second-order valence-electron chi connectivity index (χ2n) is 7.48. The molecule has 0 aliphatic heterocycles. The predicted molar refractivity (Wildman–Crippen MR) is 83.9 cm³/mol. The van der Waals surface area contributed by atoms with Gasteiger partial charge in [-0.05, 0) is 43.9 Å². The van der Waals surface area contributed by atoms with E-state index >= 15 is 0 Å². The molecule has 0 spiro atoms. The van der Waals surface area contributed by atoms with E-state index in [1.807, 2.05) is 13.8 Å². The fourth-order valence-corrected chi connectivity index (χ4v) is 2.96. The summed E-state index contributed by atoms with van der Waals surface area (Å²) in [6.07, 6.45) is -0.667. The molecule has 0 bridgehead atoms. The van der Waals surface area contributed by atoms with Gasteiger partial charge in [0.2, 0.25) is 0 Å². The molecule has 23 heavy (non-hydrogen) atoms. The molecule has 1 aromatic rings. The van der Waals surface area contributed by atoms with Crippen molar-refractivity contribution in [2.24, 2.45) is 11.3 Å². The van der Waals surface area contributed by atoms with Gasteiger partial charge in [0.05, 0.1) is 5.92 Å². The number of carboxylic acids is 1. The number of aliphatic carboxylic acids is 1. The number of nitrogens with one attached hydrogen (secondary N) is 1. The fraction of sp³-hybridized carbons (Fsp3) is 0.529. The average Bonchev–Trinajstić information content (AvgIpc) is 2.89. The van der Waals surface area contributed by atoms with Gasteiger partial charge in [-0.25, -0.2) is 9.18 Å². The summed E-state index contributed by atoms with van der Waals surface area (Å²) in [5.41, 5.74) is -0.495. The van der Waals surface area contributed by atoms with Crippen molar-refractivity contribution in [3.05, 3.63) is 29.6 Å². The largest absolute Gasteiger partial charge is 0.481 e. The van der Waals surface area contributed by atoms with Crippen LogP contribution < -0.4 is 5.32 Å². The second-order valence-corrected chi connectivity index (χ2v) is 7.48. The summed E-state index contributed by atoms with van der Waals surface area (Å²) in [7, 11) is 0. The summed E-state index contributed by atoms with van der Waals surface area (Å²) >= 11 is 0. The van der Waals surface area contributed by atoms with E-state index in [4.69, 9.17) is 4.74 Å². The molecule has 1 aliphatic rings. The van der Waals surface area contributed by atoms with Gasteiger partial charge in [0.1, 0.15) is 11.4 Å². The Morgan fingerprint density at radius 2 is 1.91 bits per heavy atom. The molecule has 6 heteroatoms. The van der Waals surface area contributed by atoms with Crippen molar-refractivity contribution in [3.8, 4) is 0 Å². The maximum atomic E-state index is 14.3. The molecule has 2 unspecified atom stereocenters. The lowest BCUT2D eigenvalue weighted by Gasteiger charge is -2.19. The van der Waals surface area contributed by atoms with Crippen molar-refractivity contribution >= 4 is 17.7 Å². The number of hydrogen-bond donors (Lipinski definition) is 2. The minimum Gasteiger partial charge on any atom is -0.481 e. The number of amides is 1. The summed E-state index contributed by atoms with van der Waals surface area (Å²) in [6.45, 7) is 8.82. The summed E-state index contributed by atoms with van der Waals surface area (Å²) in [5, 5.41) is 11.7. The maximum absolute atomic E-state index is 14.3. The first-order chi connectivity index (χ1) is 10.4. The van der Waals surface area contributed by atoms with E-state index in [9.17, 15) is 19.1 Å². The summed E-state index contributed by atoms with van der Waals surface area (Å²) in [6, 6.07) is 4.26. The van der Waals surface area contributed by atoms with Gasteiger partial charge in [-0.15, -0.1) is 0 Å². The van der Waals surface area contributed by atoms with Crippen molar-refractivity contribution in [2.75, 3.05) is 5.32 Å². The van der Waals surface area contributed by atoms with Gasteiger partial charge in [-0.3, -0.25) is 10.1 Å². The second kappa shape index (κ2) is 5.51. The Hall–Kier alpha value is -2.11. The molecular formula is C17H22FNO4. The van der Waals surface area contributed by atoms with Crippen molar-refractivity contribution < 1.29 is 23.8 Å². The number of carbonyl (C=O) groups is 2. The van der Waals surface area contributed by atoms with Crippen molar-refractivity contribution in [3.63, 3.8) is 0 Å². The van der Waals surface area contributed by atoms with E-state index in [2.05, 4.69) is 5.32 Å². The van der Waals surface area contributed by atoms with E-state index in [-0.39, 0.29) is 11.6 Å². The molecule has 126 valence electrons. The molecule has 0 aromatic heterocycles. The Kier molecular flexibility index (Phi) is 4.13. The maximum Gasteiger partial charge on any atom is 0.412 e. The molecule has 5 nitrogen and oxygen atoms in total. The molecule has 2 atom stereocenters. The molecular weight excluding hydrogens is 301 g/mol. The Morgan fingerprint density at radius 3 is 2.35 bits per heavy atom. The third kappa shape index (κ3) is 3.63. The number of benzene rings is 1. The first-order valence-corrected chi connectivity index (χ1v) is 7.46. The first kappa shape index (κ1) is 17.2. The minimum absolute atomic E-state index is 0.269. The zero-order chi connectivity index (χ0) is 17.6. The van der Waals surface area contributed by atoms with Crippen molar-refractivity contribution in [1.29, 1.82) is 0 Å². The van der Waals surface area contributed by atoms with E-state index in [0.717, 1.165) is 0 Å².